The van der Waals surface area contributed by atoms with Gasteiger partial charge in [-0.05, 0) is 41.3 Å². The van der Waals surface area contributed by atoms with Gasteiger partial charge in [0.05, 0.1) is 0 Å². The van der Waals surface area contributed by atoms with Gasteiger partial charge in [-0.1, -0.05) is 0 Å². The lowest BCUT2D eigenvalue weighted by molar-refractivity contribution is -0.126. The van der Waals surface area contributed by atoms with Crippen molar-refractivity contribution in [2.24, 2.45) is 11.8 Å². The van der Waals surface area contributed by atoms with Crippen LogP contribution >= 0.6 is 11.3 Å². The molecule has 1 N–H and O–H groups in total. The molecule has 1 aliphatic carbocycles. The van der Waals surface area contributed by atoms with E-state index in [2.05, 4.69) is 16.8 Å². The number of carbonyl (C=O) groups excluding carboxylic acids is 1. The number of rotatable bonds is 3. The maximum atomic E-state index is 11.9. The summed E-state index contributed by atoms with van der Waals surface area (Å²) in [6.45, 7) is 1.06. The Morgan fingerprint density at radius 1 is 1.64 bits per heavy atom. The lowest BCUT2D eigenvalue weighted by Gasteiger charge is -2.33. The lowest BCUT2D eigenvalue weighted by atomic mass is 9.70. The zero-order valence-electron chi connectivity index (χ0n) is 7.90. The number of Topliss-reactive ketones (excluding diaryl/α,β-unsaturated/α-hetero) is 1. The molecule has 2 nitrogen and oxygen atoms in total. The first-order valence-electron chi connectivity index (χ1n) is 5.12. The predicted molar refractivity (Wildman–Crippen MR) is 56.4 cm³/mol. The van der Waals surface area contributed by atoms with Gasteiger partial charge in [-0.15, -0.1) is 0 Å². The largest absolute Gasteiger partial charge is 0.313 e. The molecule has 2 saturated heterocycles. The van der Waals surface area contributed by atoms with Gasteiger partial charge in [0.2, 0.25) is 0 Å². The molecular weight excluding hydrogens is 194 g/mol. The highest BCUT2D eigenvalue weighted by molar-refractivity contribution is 7.07. The maximum Gasteiger partial charge on any atom is 0.142 e. The van der Waals surface area contributed by atoms with E-state index in [4.69, 9.17) is 0 Å². The fourth-order valence-corrected chi connectivity index (χ4v) is 3.34. The first-order chi connectivity index (χ1) is 6.84. The van der Waals surface area contributed by atoms with E-state index >= 15 is 0 Å². The van der Waals surface area contributed by atoms with E-state index < -0.39 is 0 Å². The van der Waals surface area contributed by atoms with Crippen LogP contribution in [0.1, 0.15) is 12.0 Å². The summed E-state index contributed by atoms with van der Waals surface area (Å²) in [7, 11) is 0. The van der Waals surface area contributed by atoms with Crippen molar-refractivity contribution in [1.82, 2.24) is 5.32 Å². The standard InChI is InChI=1S/C11H13NOS/c13-10(3-7-1-2-14-6-7)11-8-4-9(11)12-5-8/h1-2,6,8-9,11-12H,3-5H2. The van der Waals surface area contributed by atoms with Crippen LogP contribution in [0.4, 0.5) is 0 Å². The van der Waals surface area contributed by atoms with Crippen molar-refractivity contribution >= 4 is 17.1 Å². The zero-order valence-corrected chi connectivity index (χ0v) is 8.72. The first kappa shape index (κ1) is 8.62. The van der Waals surface area contributed by atoms with Crippen LogP contribution < -0.4 is 5.32 Å². The van der Waals surface area contributed by atoms with E-state index in [0.29, 0.717) is 30.1 Å². The number of ketones is 1. The normalized spacial score (nSPS) is 34.1. The topological polar surface area (TPSA) is 29.1 Å². The van der Waals surface area contributed by atoms with Gasteiger partial charge in [-0.25, -0.2) is 0 Å². The second-order valence-electron chi connectivity index (χ2n) is 4.31. The number of thiophene rings is 1. The second-order valence-corrected chi connectivity index (χ2v) is 5.09. The van der Waals surface area contributed by atoms with Gasteiger partial charge in [0, 0.05) is 18.4 Å². The van der Waals surface area contributed by atoms with Crippen molar-refractivity contribution in [2.45, 2.75) is 18.9 Å². The minimum absolute atomic E-state index is 0.329. The van der Waals surface area contributed by atoms with E-state index in [9.17, 15) is 4.79 Å². The molecule has 0 spiro atoms. The molecule has 2 bridgehead atoms. The third-order valence-corrected chi connectivity index (χ3v) is 4.20. The van der Waals surface area contributed by atoms with E-state index in [1.54, 1.807) is 11.3 Å². The number of nitrogens with one attached hydrogen (secondary N) is 1. The molecule has 4 rings (SSSR count). The van der Waals surface area contributed by atoms with E-state index in [-0.39, 0.29) is 0 Å². The molecule has 0 aromatic carbocycles. The van der Waals surface area contributed by atoms with Gasteiger partial charge in [0.1, 0.15) is 5.78 Å². The summed E-state index contributed by atoms with van der Waals surface area (Å²) in [6.07, 6.45) is 1.86. The second kappa shape index (κ2) is 3.17. The number of fused-ring (bicyclic) bond motifs is 1. The molecule has 2 aliphatic heterocycles. The van der Waals surface area contributed by atoms with Crippen molar-refractivity contribution in [3.05, 3.63) is 22.4 Å². The Morgan fingerprint density at radius 2 is 2.57 bits per heavy atom. The average Bonchev–Trinajstić information content (AvgIpc) is 2.77. The van der Waals surface area contributed by atoms with Crippen LogP contribution in [0.15, 0.2) is 16.8 Å². The van der Waals surface area contributed by atoms with Crippen molar-refractivity contribution in [1.29, 1.82) is 0 Å². The van der Waals surface area contributed by atoms with E-state index in [1.165, 1.54) is 12.0 Å². The molecule has 3 fully saturated rings. The molecule has 3 heterocycles. The molecule has 3 atom stereocenters. The monoisotopic (exact) mass is 207 g/mol. The minimum Gasteiger partial charge on any atom is -0.313 e. The summed E-state index contributed by atoms with van der Waals surface area (Å²) in [5.74, 6) is 1.41. The highest BCUT2D eigenvalue weighted by Gasteiger charge is 2.49. The number of hydrogen-bond acceptors (Lipinski definition) is 3. The smallest absolute Gasteiger partial charge is 0.142 e. The molecular formula is C11H13NOS. The summed E-state index contributed by atoms with van der Waals surface area (Å²) in [5, 5.41) is 7.50. The van der Waals surface area contributed by atoms with Crippen LogP contribution in [-0.4, -0.2) is 18.4 Å². The highest BCUT2D eigenvalue weighted by atomic mass is 32.1. The average molecular weight is 207 g/mol. The first-order valence-corrected chi connectivity index (χ1v) is 6.06. The van der Waals surface area contributed by atoms with Crippen LogP contribution in [0.2, 0.25) is 0 Å². The SMILES string of the molecule is O=C(Cc1ccsc1)C1C2CNC1C2. The van der Waals surface area contributed by atoms with Gasteiger partial charge >= 0.3 is 0 Å². The molecule has 74 valence electrons. The third kappa shape index (κ3) is 1.23. The Labute approximate surface area is 87.3 Å². The number of hydrogen-bond donors (Lipinski definition) is 1. The van der Waals surface area contributed by atoms with Gasteiger partial charge < -0.3 is 5.32 Å². The lowest BCUT2D eigenvalue weighted by Crippen LogP contribution is -2.42. The molecule has 3 aliphatic rings. The maximum absolute atomic E-state index is 11.9. The molecule has 3 unspecified atom stereocenters. The summed E-state index contributed by atoms with van der Waals surface area (Å²) in [4.78, 5) is 11.9. The van der Waals surface area contributed by atoms with Crippen molar-refractivity contribution in [3.8, 4) is 0 Å². The molecule has 1 aromatic heterocycles. The van der Waals surface area contributed by atoms with Crippen molar-refractivity contribution in [3.63, 3.8) is 0 Å². The minimum atomic E-state index is 0.329. The number of carbonyl (C=O) groups is 1. The molecule has 3 heteroatoms. The van der Waals surface area contributed by atoms with E-state index in [1.807, 2.05) is 5.38 Å². The van der Waals surface area contributed by atoms with E-state index in [0.717, 1.165) is 6.54 Å². The fourth-order valence-electron chi connectivity index (χ4n) is 2.67. The van der Waals surface area contributed by atoms with Gasteiger partial charge in [-0.2, -0.15) is 11.3 Å². The van der Waals surface area contributed by atoms with Crippen LogP contribution in [0.3, 0.4) is 0 Å². The Hall–Kier alpha value is -0.670. The van der Waals surface area contributed by atoms with Gasteiger partial charge in [0.15, 0.2) is 0 Å². The predicted octanol–water partition coefficient (Wildman–Crippen LogP) is 1.47. The highest BCUT2D eigenvalue weighted by Crippen LogP contribution is 2.41. The van der Waals surface area contributed by atoms with Gasteiger partial charge in [0.25, 0.3) is 0 Å². The van der Waals surface area contributed by atoms with Gasteiger partial charge in [-0.3, -0.25) is 4.79 Å². The van der Waals surface area contributed by atoms with Crippen LogP contribution in [0, 0.1) is 11.8 Å². The summed E-state index contributed by atoms with van der Waals surface area (Å²) < 4.78 is 0. The summed E-state index contributed by atoms with van der Waals surface area (Å²) in [6, 6.07) is 2.56. The zero-order chi connectivity index (χ0) is 9.54. The quantitative estimate of drug-likeness (QED) is 0.813. The third-order valence-electron chi connectivity index (χ3n) is 3.47. The Kier molecular flexibility index (Phi) is 1.96. The fraction of sp³-hybridized carbons (Fsp3) is 0.545. The van der Waals surface area contributed by atoms with Crippen LogP contribution in [-0.2, 0) is 11.2 Å². The molecule has 14 heavy (non-hydrogen) atoms. The Morgan fingerprint density at radius 3 is 3.14 bits per heavy atom. The molecule has 0 amide bonds. The summed E-state index contributed by atoms with van der Waals surface area (Å²) in [5.41, 5.74) is 1.19. The van der Waals surface area contributed by atoms with Crippen molar-refractivity contribution in [2.75, 3.05) is 6.54 Å². The molecule has 1 aromatic rings. The molecule has 1 saturated carbocycles. The summed E-state index contributed by atoms with van der Waals surface area (Å²) >= 11 is 1.67. The Bertz CT molecular complexity index is 332. The van der Waals surface area contributed by atoms with Crippen LogP contribution in [0.5, 0.6) is 0 Å². The molecule has 0 radical (unpaired) electrons. The Balaban J connectivity index is 1.67. The van der Waals surface area contributed by atoms with Crippen molar-refractivity contribution < 1.29 is 4.79 Å². The van der Waals surface area contributed by atoms with Crippen LogP contribution in [0.25, 0.3) is 0 Å².